The van der Waals surface area contributed by atoms with Crippen molar-refractivity contribution in [3.63, 3.8) is 0 Å². The molecule has 0 aromatic carbocycles. The molecule has 1 fully saturated rings. The van der Waals surface area contributed by atoms with Crippen molar-refractivity contribution in [2.24, 2.45) is 10.9 Å². The van der Waals surface area contributed by atoms with Crippen molar-refractivity contribution in [2.75, 3.05) is 26.7 Å². The molecule has 1 aromatic rings. The number of aliphatic imine (C=N–C) groups is 1. The number of halogens is 1. The molecule has 0 saturated carbocycles. The summed E-state index contributed by atoms with van der Waals surface area (Å²) in [5.41, 5.74) is 1.12. The lowest BCUT2D eigenvalue weighted by Crippen LogP contribution is -2.45. The van der Waals surface area contributed by atoms with Gasteiger partial charge in [-0.25, -0.2) is 4.98 Å². The topological polar surface area (TPSA) is 69.6 Å². The molecule has 0 aliphatic carbocycles. The third-order valence-electron chi connectivity index (χ3n) is 4.05. The van der Waals surface area contributed by atoms with Crippen LogP contribution in [0.2, 0.25) is 5.15 Å². The van der Waals surface area contributed by atoms with Gasteiger partial charge in [-0.05, 0) is 24.5 Å². The van der Waals surface area contributed by atoms with E-state index in [4.69, 9.17) is 11.6 Å². The first kappa shape index (κ1) is 18.5. The van der Waals surface area contributed by atoms with Gasteiger partial charge in [0.05, 0.1) is 0 Å². The van der Waals surface area contributed by atoms with E-state index in [1.807, 2.05) is 24.8 Å². The van der Waals surface area contributed by atoms with Gasteiger partial charge >= 0.3 is 0 Å². The van der Waals surface area contributed by atoms with Crippen LogP contribution in [0.5, 0.6) is 0 Å². The first-order valence-electron chi connectivity index (χ1n) is 8.36. The number of hydrogen-bond donors (Lipinski definition) is 2. The monoisotopic (exact) mass is 351 g/mol. The molecule has 1 aliphatic rings. The molecule has 1 aromatic heterocycles. The average Bonchev–Trinajstić information content (AvgIpc) is 3.03. The average molecular weight is 352 g/mol. The van der Waals surface area contributed by atoms with Gasteiger partial charge in [0.1, 0.15) is 5.15 Å². The Bertz CT molecular complexity index is 573. The van der Waals surface area contributed by atoms with Crippen LogP contribution in [0.15, 0.2) is 23.3 Å². The van der Waals surface area contributed by atoms with E-state index in [2.05, 4.69) is 20.6 Å². The highest BCUT2D eigenvalue weighted by molar-refractivity contribution is 6.29. The number of amides is 1. The molecule has 0 bridgehead atoms. The molecule has 0 spiro atoms. The molecule has 7 heteroatoms. The van der Waals surface area contributed by atoms with Crippen LogP contribution < -0.4 is 10.6 Å². The normalized spacial score (nSPS) is 18.1. The molecule has 1 unspecified atom stereocenters. The maximum Gasteiger partial charge on any atom is 0.225 e. The van der Waals surface area contributed by atoms with E-state index in [0.29, 0.717) is 5.15 Å². The minimum atomic E-state index is 0.0502. The van der Waals surface area contributed by atoms with E-state index in [-0.39, 0.29) is 17.9 Å². The van der Waals surface area contributed by atoms with E-state index in [0.717, 1.165) is 44.0 Å². The fraction of sp³-hybridized carbons (Fsp3) is 0.588. The second-order valence-electron chi connectivity index (χ2n) is 6.31. The number of guanidine groups is 1. The molecular formula is C17H26ClN5O. The number of nitrogens with one attached hydrogen (secondary N) is 2. The van der Waals surface area contributed by atoms with E-state index < -0.39 is 0 Å². The van der Waals surface area contributed by atoms with Crippen LogP contribution in [0, 0.1) is 5.92 Å². The van der Waals surface area contributed by atoms with Gasteiger partial charge < -0.3 is 15.5 Å². The molecule has 24 heavy (non-hydrogen) atoms. The van der Waals surface area contributed by atoms with Crippen molar-refractivity contribution in [3.8, 4) is 0 Å². The lowest BCUT2D eigenvalue weighted by Gasteiger charge is -2.20. The molecular weight excluding hydrogens is 326 g/mol. The SMILES string of the molecule is CN=C(NCCc1ccc(Cl)nc1)NC1CCN(C(=O)C(C)C)C1. The Hall–Kier alpha value is -1.82. The predicted molar refractivity (Wildman–Crippen MR) is 97.3 cm³/mol. The lowest BCUT2D eigenvalue weighted by atomic mass is 10.2. The van der Waals surface area contributed by atoms with Gasteiger partial charge in [-0.3, -0.25) is 9.79 Å². The Balaban J connectivity index is 1.75. The molecule has 2 rings (SSSR count). The van der Waals surface area contributed by atoms with Crippen LogP contribution in [-0.2, 0) is 11.2 Å². The summed E-state index contributed by atoms with van der Waals surface area (Å²) in [5, 5.41) is 7.20. The van der Waals surface area contributed by atoms with Crippen LogP contribution >= 0.6 is 11.6 Å². The molecule has 0 radical (unpaired) electrons. The van der Waals surface area contributed by atoms with Crippen molar-refractivity contribution in [1.82, 2.24) is 20.5 Å². The minimum Gasteiger partial charge on any atom is -0.356 e. The number of pyridine rings is 1. The zero-order valence-electron chi connectivity index (χ0n) is 14.6. The second kappa shape index (κ2) is 8.87. The van der Waals surface area contributed by atoms with Crippen molar-refractivity contribution in [1.29, 1.82) is 0 Å². The second-order valence-corrected chi connectivity index (χ2v) is 6.69. The summed E-state index contributed by atoms with van der Waals surface area (Å²) in [5.74, 6) is 1.03. The van der Waals surface area contributed by atoms with Gasteiger partial charge in [0.25, 0.3) is 0 Å². The Morgan fingerprint density at radius 3 is 2.92 bits per heavy atom. The van der Waals surface area contributed by atoms with Crippen LogP contribution in [0.25, 0.3) is 0 Å². The van der Waals surface area contributed by atoms with Gasteiger partial charge in [0, 0.05) is 44.8 Å². The fourth-order valence-corrected chi connectivity index (χ4v) is 2.82. The van der Waals surface area contributed by atoms with Crippen molar-refractivity contribution in [3.05, 3.63) is 29.0 Å². The predicted octanol–water partition coefficient (Wildman–Crippen LogP) is 1.70. The number of hydrogen-bond acceptors (Lipinski definition) is 3. The minimum absolute atomic E-state index is 0.0502. The molecule has 1 atom stereocenters. The lowest BCUT2D eigenvalue weighted by molar-refractivity contribution is -0.133. The summed E-state index contributed by atoms with van der Waals surface area (Å²) in [7, 11) is 1.76. The summed E-state index contributed by atoms with van der Waals surface area (Å²) in [6.07, 6.45) is 3.57. The molecule has 1 aliphatic heterocycles. The summed E-state index contributed by atoms with van der Waals surface area (Å²) in [4.78, 5) is 22.3. The van der Waals surface area contributed by atoms with Crippen LogP contribution in [0.3, 0.4) is 0 Å². The van der Waals surface area contributed by atoms with Crippen LogP contribution in [-0.4, -0.2) is 54.5 Å². The highest BCUT2D eigenvalue weighted by atomic mass is 35.5. The summed E-state index contributed by atoms with van der Waals surface area (Å²) in [6, 6.07) is 4.01. The van der Waals surface area contributed by atoms with Crippen LogP contribution in [0.4, 0.5) is 0 Å². The van der Waals surface area contributed by atoms with Gasteiger partial charge in [0.2, 0.25) is 5.91 Å². The van der Waals surface area contributed by atoms with Gasteiger partial charge in [-0.1, -0.05) is 31.5 Å². The Kier molecular flexibility index (Phi) is 6.85. The van der Waals surface area contributed by atoms with E-state index in [9.17, 15) is 4.79 Å². The molecule has 6 nitrogen and oxygen atoms in total. The quantitative estimate of drug-likeness (QED) is 0.481. The molecule has 1 amide bonds. The molecule has 1 saturated heterocycles. The van der Waals surface area contributed by atoms with Crippen molar-refractivity contribution < 1.29 is 4.79 Å². The van der Waals surface area contributed by atoms with Gasteiger partial charge in [-0.2, -0.15) is 0 Å². The Labute approximate surface area is 148 Å². The van der Waals surface area contributed by atoms with Gasteiger partial charge in [0.15, 0.2) is 5.96 Å². The summed E-state index contributed by atoms with van der Waals surface area (Å²) in [6.45, 7) is 6.18. The number of carbonyl (C=O) groups is 1. The third kappa shape index (κ3) is 5.37. The first-order valence-corrected chi connectivity index (χ1v) is 8.73. The van der Waals surface area contributed by atoms with Crippen molar-refractivity contribution in [2.45, 2.75) is 32.7 Å². The molecule has 132 valence electrons. The molecule has 2 N–H and O–H groups in total. The van der Waals surface area contributed by atoms with E-state index in [1.165, 1.54) is 0 Å². The zero-order chi connectivity index (χ0) is 17.5. The third-order valence-corrected chi connectivity index (χ3v) is 4.28. The Morgan fingerprint density at radius 1 is 1.50 bits per heavy atom. The maximum absolute atomic E-state index is 12.0. The summed E-state index contributed by atoms with van der Waals surface area (Å²) < 4.78 is 0. The Morgan fingerprint density at radius 2 is 2.29 bits per heavy atom. The highest BCUT2D eigenvalue weighted by Crippen LogP contribution is 2.12. The van der Waals surface area contributed by atoms with Crippen LogP contribution in [0.1, 0.15) is 25.8 Å². The first-order chi connectivity index (χ1) is 11.5. The van der Waals surface area contributed by atoms with Crippen molar-refractivity contribution >= 4 is 23.5 Å². The number of likely N-dealkylation sites (tertiary alicyclic amines) is 1. The molecule has 2 heterocycles. The number of carbonyl (C=O) groups excluding carboxylic acids is 1. The largest absolute Gasteiger partial charge is 0.356 e. The van der Waals surface area contributed by atoms with E-state index in [1.54, 1.807) is 19.3 Å². The highest BCUT2D eigenvalue weighted by Gasteiger charge is 2.27. The summed E-state index contributed by atoms with van der Waals surface area (Å²) >= 11 is 5.78. The zero-order valence-corrected chi connectivity index (χ0v) is 15.3. The number of nitrogens with zero attached hydrogens (tertiary/aromatic N) is 3. The van der Waals surface area contributed by atoms with Gasteiger partial charge in [-0.15, -0.1) is 0 Å². The smallest absolute Gasteiger partial charge is 0.225 e. The number of rotatable bonds is 5. The standard InChI is InChI=1S/C17H26ClN5O/c1-12(2)16(24)23-9-7-14(11-23)22-17(19-3)20-8-6-13-4-5-15(18)21-10-13/h4-5,10,12,14H,6-9,11H2,1-3H3,(H2,19,20,22). The number of aromatic nitrogens is 1. The maximum atomic E-state index is 12.0. The fourth-order valence-electron chi connectivity index (χ4n) is 2.71. The van der Waals surface area contributed by atoms with E-state index >= 15 is 0 Å².